The highest BCUT2D eigenvalue weighted by molar-refractivity contribution is 5.62. The molecule has 3 nitrogen and oxygen atoms in total. The number of hydrogen-bond donors (Lipinski definition) is 0. The van der Waals surface area contributed by atoms with Gasteiger partial charge in [-0.3, -0.25) is 9.67 Å². The minimum atomic E-state index is 0.975. The van der Waals surface area contributed by atoms with Gasteiger partial charge in [0.1, 0.15) is 0 Å². The van der Waals surface area contributed by atoms with Crippen molar-refractivity contribution in [1.29, 1.82) is 0 Å². The van der Waals surface area contributed by atoms with E-state index in [1.807, 2.05) is 24.7 Å². The lowest BCUT2D eigenvalue weighted by Gasteiger charge is -2.01. The van der Waals surface area contributed by atoms with Crippen LogP contribution in [0.1, 0.15) is 24.7 Å². The zero-order valence-corrected chi connectivity index (χ0v) is 10.1. The maximum absolute atomic E-state index is 4.38. The minimum Gasteiger partial charge on any atom is -0.272 e. The molecule has 0 radical (unpaired) electrons. The summed E-state index contributed by atoms with van der Waals surface area (Å²) in [5.74, 6) is 0. The lowest BCUT2D eigenvalue weighted by atomic mass is 10.1. The van der Waals surface area contributed by atoms with E-state index in [0.717, 1.165) is 24.4 Å². The molecule has 0 aliphatic heterocycles. The van der Waals surface area contributed by atoms with E-state index < -0.39 is 0 Å². The zero-order chi connectivity index (χ0) is 11.5. The van der Waals surface area contributed by atoms with Crippen molar-refractivity contribution in [2.24, 2.45) is 0 Å². The van der Waals surface area contributed by atoms with Gasteiger partial charge >= 0.3 is 0 Å². The van der Waals surface area contributed by atoms with E-state index in [2.05, 4.69) is 35.3 Å². The van der Waals surface area contributed by atoms with Gasteiger partial charge in [0.25, 0.3) is 0 Å². The van der Waals surface area contributed by atoms with Crippen LogP contribution < -0.4 is 0 Å². The Kier molecular flexibility index (Phi) is 3.04. The SMILES string of the molecule is CCCn1cc(-c2cc(C)nc(C)c2)cn1. The Balaban J connectivity index is 2.34. The van der Waals surface area contributed by atoms with Gasteiger partial charge in [0.15, 0.2) is 0 Å². The third-order valence-electron chi connectivity index (χ3n) is 2.50. The molecule has 84 valence electrons. The topological polar surface area (TPSA) is 30.7 Å². The average Bonchev–Trinajstić information content (AvgIpc) is 2.65. The maximum Gasteiger partial charge on any atom is 0.0568 e. The Morgan fingerprint density at radius 1 is 1.12 bits per heavy atom. The smallest absolute Gasteiger partial charge is 0.0568 e. The van der Waals surface area contributed by atoms with Crippen molar-refractivity contribution in [2.45, 2.75) is 33.7 Å². The van der Waals surface area contributed by atoms with Gasteiger partial charge in [-0.1, -0.05) is 6.92 Å². The number of pyridine rings is 1. The second kappa shape index (κ2) is 4.47. The van der Waals surface area contributed by atoms with Gasteiger partial charge in [0.05, 0.1) is 6.20 Å². The van der Waals surface area contributed by atoms with Gasteiger partial charge in [-0.25, -0.2) is 0 Å². The van der Waals surface area contributed by atoms with Crippen molar-refractivity contribution < 1.29 is 0 Å². The molecule has 0 bridgehead atoms. The van der Waals surface area contributed by atoms with Gasteiger partial charge in [-0.2, -0.15) is 5.10 Å². The van der Waals surface area contributed by atoms with Crippen LogP contribution in [0.2, 0.25) is 0 Å². The number of rotatable bonds is 3. The summed E-state index contributed by atoms with van der Waals surface area (Å²) in [4.78, 5) is 4.38. The number of hydrogen-bond acceptors (Lipinski definition) is 2. The molecule has 2 aromatic heterocycles. The van der Waals surface area contributed by atoms with E-state index in [9.17, 15) is 0 Å². The van der Waals surface area contributed by atoms with Gasteiger partial charge < -0.3 is 0 Å². The average molecular weight is 215 g/mol. The van der Waals surface area contributed by atoms with Crippen molar-refractivity contribution in [3.05, 3.63) is 35.9 Å². The van der Waals surface area contributed by atoms with E-state index in [1.165, 1.54) is 11.1 Å². The first-order valence-corrected chi connectivity index (χ1v) is 5.67. The molecule has 0 aliphatic rings. The Hall–Kier alpha value is -1.64. The quantitative estimate of drug-likeness (QED) is 0.788. The van der Waals surface area contributed by atoms with Crippen molar-refractivity contribution in [1.82, 2.24) is 14.8 Å². The van der Waals surface area contributed by atoms with Gasteiger partial charge in [-0.05, 0) is 38.0 Å². The molecule has 16 heavy (non-hydrogen) atoms. The molecule has 0 fully saturated rings. The second-order valence-electron chi connectivity index (χ2n) is 4.13. The van der Waals surface area contributed by atoms with E-state index >= 15 is 0 Å². The summed E-state index contributed by atoms with van der Waals surface area (Å²) in [6.07, 6.45) is 5.12. The first kappa shape index (κ1) is 10.9. The second-order valence-corrected chi connectivity index (χ2v) is 4.13. The molecule has 0 saturated heterocycles. The third kappa shape index (κ3) is 2.30. The normalized spacial score (nSPS) is 10.7. The molecule has 2 aromatic rings. The fraction of sp³-hybridized carbons (Fsp3) is 0.385. The molecule has 3 heteroatoms. The molecule has 0 N–H and O–H groups in total. The van der Waals surface area contributed by atoms with Crippen molar-refractivity contribution in [3.8, 4) is 11.1 Å². The fourth-order valence-corrected chi connectivity index (χ4v) is 1.87. The molecule has 0 amide bonds. The van der Waals surface area contributed by atoms with Crippen molar-refractivity contribution in [2.75, 3.05) is 0 Å². The molecular formula is C13H17N3. The van der Waals surface area contributed by atoms with Gasteiger partial charge in [-0.15, -0.1) is 0 Å². The highest BCUT2D eigenvalue weighted by Crippen LogP contribution is 2.20. The molecule has 0 aliphatic carbocycles. The van der Waals surface area contributed by atoms with Crippen LogP contribution in [-0.2, 0) is 6.54 Å². The molecule has 0 aromatic carbocycles. The van der Waals surface area contributed by atoms with Crippen LogP contribution in [0.15, 0.2) is 24.5 Å². The van der Waals surface area contributed by atoms with Crippen LogP contribution in [0.4, 0.5) is 0 Å². The van der Waals surface area contributed by atoms with Crippen LogP contribution in [0.3, 0.4) is 0 Å². The number of aromatic nitrogens is 3. The van der Waals surface area contributed by atoms with E-state index in [1.54, 1.807) is 0 Å². The Morgan fingerprint density at radius 3 is 2.44 bits per heavy atom. The predicted octanol–water partition coefficient (Wildman–Crippen LogP) is 2.97. The van der Waals surface area contributed by atoms with E-state index in [-0.39, 0.29) is 0 Å². The van der Waals surface area contributed by atoms with Crippen molar-refractivity contribution in [3.63, 3.8) is 0 Å². The highest BCUT2D eigenvalue weighted by Gasteiger charge is 2.03. The highest BCUT2D eigenvalue weighted by atomic mass is 15.3. The third-order valence-corrected chi connectivity index (χ3v) is 2.50. The summed E-state index contributed by atoms with van der Waals surface area (Å²) in [7, 11) is 0. The van der Waals surface area contributed by atoms with E-state index in [0.29, 0.717) is 0 Å². The molecule has 0 unspecified atom stereocenters. The summed E-state index contributed by atoms with van der Waals surface area (Å²) in [5, 5.41) is 4.34. The van der Waals surface area contributed by atoms with Crippen LogP contribution in [0.25, 0.3) is 11.1 Å². The largest absolute Gasteiger partial charge is 0.272 e. The minimum absolute atomic E-state index is 0.975. The summed E-state index contributed by atoms with van der Waals surface area (Å²) >= 11 is 0. The first-order chi connectivity index (χ1) is 7.69. The zero-order valence-electron chi connectivity index (χ0n) is 10.1. The molecule has 0 saturated carbocycles. The maximum atomic E-state index is 4.38. The van der Waals surface area contributed by atoms with Crippen LogP contribution in [0, 0.1) is 13.8 Å². The molecular weight excluding hydrogens is 198 g/mol. The number of aryl methyl sites for hydroxylation is 3. The lowest BCUT2D eigenvalue weighted by molar-refractivity contribution is 0.603. The Labute approximate surface area is 96.1 Å². The predicted molar refractivity (Wildman–Crippen MR) is 65.2 cm³/mol. The van der Waals surface area contributed by atoms with Crippen molar-refractivity contribution >= 4 is 0 Å². The van der Waals surface area contributed by atoms with Gasteiger partial charge in [0, 0.05) is 29.7 Å². The summed E-state index contributed by atoms with van der Waals surface area (Å²) in [6.45, 7) is 7.17. The molecule has 2 rings (SSSR count). The summed E-state index contributed by atoms with van der Waals surface area (Å²) in [5.41, 5.74) is 4.48. The monoisotopic (exact) mass is 215 g/mol. The summed E-state index contributed by atoms with van der Waals surface area (Å²) in [6, 6.07) is 4.20. The molecule has 0 atom stereocenters. The molecule has 2 heterocycles. The summed E-state index contributed by atoms with van der Waals surface area (Å²) < 4.78 is 1.99. The Morgan fingerprint density at radius 2 is 1.81 bits per heavy atom. The van der Waals surface area contributed by atoms with Crippen LogP contribution in [-0.4, -0.2) is 14.8 Å². The number of nitrogens with zero attached hydrogens (tertiary/aromatic N) is 3. The van der Waals surface area contributed by atoms with Crippen LogP contribution in [0.5, 0.6) is 0 Å². The standard InChI is InChI=1S/C13H17N3/c1-4-5-16-9-13(8-14-16)12-6-10(2)15-11(3)7-12/h6-9H,4-5H2,1-3H3. The Bertz CT molecular complexity index is 465. The fourth-order valence-electron chi connectivity index (χ4n) is 1.87. The van der Waals surface area contributed by atoms with Gasteiger partial charge in [0.2, 0.25) is 0 Å². The van der Waals surface area contributed by atoms with E-state index in [4.69, 9.17) is 0 Å². The van der Waals surface area contributed by atoms with Crippen LogP contribution >= 0.6 is 0 Å². The first-order valence-electron chi connectivity index (χ1n) is 5.67. The lowest BCUT2D eigenvalue weighted by Crippen LogP contribution is -1.95. The molecule has 0 spiro atoms.